The highest BCUT2D eigenvalue weighted by atomic mass is 16.2. The number of unbranched alkanes of at least 4 members (excludes halogenated alkanes) is 7. The lowest BCUT2D eigenvalue weighted by atomic mass is 10.1. The summed E-state index contributed by atoms with van der Waals surface area (Å²) in [5.41, 5.74) is 0. The molecule has 1 fully saturated rings. The van der Waals surface area contributed by atoms with E-state index in [1.807, 2.05) is 0 Å². The molecule has 1 rings (SSSR count). The van der Waals surface area contributed by atoms with Gasteiger partial charge in [-0.2, -0.15) is 0 Å². The molecule has 3 heteroatoms. The van der Waals surface area contributed by atoms with Crippen molar-refractivity contribution in [3.63, 3.8) is 0 Å². The first-order chi connectivity index (χ1) is 9.65. The van der Waals surface area contributed by atoms with Gasteiger partial charge >= 0.3 is 0 Å². The SMILES string of the molecule is CCCCCCCCCCN1C(=O)CNC1CC(C)C. The molecule has 3 nitrogen and oxygen atoms in total. The van der Waals surface area contributed by atoms with E-state index in [0.717, 1.165) is 19.4 Å². The first-order valence-corrected chi connectivity index (χ1v) is 8.68. The van der Waals surface area contributed by atoms with Crippen LogP contribution in [0.15, 0.2) is 0 Å². The van der Waals surface area contributed by atoms with Crippen LogP contribution in [0, 0.1) is 5.92 Å². The Balaban J connectivity index is 2.08. The third-order valence-electron chi connectivity index (χ3n) is 4.13. The van der Waals surface area contributed by atoms with E-state index in [1.165, 1.54) is 44.9 Å². The topological polar surface area (TPSA) is 32.3 Å². The third-order valence-corrected chi connectivity index (χ3v) is 4.13. The van der Waals surface area contributed by atoms with Crippen molar-refractivity contribution in [3.05, 3.63) is 0 Å². The molecule has 1 N–H and O–H groups in total. The molecule has 1 saturated heterocycles. The summed E-state index contributed by atoms with van der Waals surface area (Å²) in [5, 5.41) is 3.34. The van der Waals surface area contributed by atoms with Crippen LogP contribution in [0.1, 0.15) is 78.6 Å². The van der Waals surface area contributed by atoms with Gasteiger partial charge in [0.1, 0.15) is 0 Å². The summed E-state index contributed by atoms with van der Waals surface area (Å²) in [7, 11) is 0. The molecule has 118 valence electrons. The van der Waals surface area contributed by atoms with E-state index < -0.39 is 0 Å². The molecule has 0 aromatic carbocycles. The van der Waals surface area contributed by atoms with E-state index in [2.05, 4.69) is 31.0 Å². The van der Waals surface area contributed by atoms with Gasteiger partial charge in [-0.1, -0.05) is 65.7 Å². The largest absolute Gasteiger partial charge is 0.326 e. The molecule has 0 saturated carbocycles. The maximum atomic E-state index is 11.9. The Kier molecular flexibility index (Phi) is 8.92. The summed E-state index contributed by atoms with van der Waals surface area (Å²) >= 11 is 0. The van der Waals surface area contributed by atoms with Gasteiger partial charge in [-0.15, -0.1) is 0 Å². The summed E-state index contributed by atoms with van der Waals surface area (Å²) in [4.78, 5) is 13.9. The Labute approximate surface area is 125 Å². The van der Waals surface area contributed by atoms with Crippen LogP contribution in [-0.4, -0.2) is 30.1 Å². The summed E-state index contributed by atoms with van der Waals surface area (Å²) in [6.07, 6.45) is 12.0. The van der Waals surface area contributed by atoms with E-state index >= 15 is 0 Å². The highest BCUT2D eigenvalue weighted by Crippen LogP contribution is 2.16. The molecule has 1 unspecified atom stereocenters. The maximum absolute atomic E-state index is 11.9. The van der Waals surface area contributed by atoms with E-state index in [4.69, 9.17) is 0 Å². The molecule has 1 aliphatic rings. The van der Waals surface area contributed by atoms with Gasteiger partial charge in [-0.05, 0) is 18.8 Å². The number of amides is 1. The Hall–Kier alpha value is -0.570. The summed E-state index contributed by atoms with van der Waals surface area (Å²) in [6.45, 7) is 8.18. The van der Waals surface area contributed by atoms with Crippen molar-refractivity contribution in [2.75, 3.05) is 13.1 Å². The second-order valence-electron chi connectivity index (χ2n) is 6.59. The molecule has 20 heavy (non-hydrogen) atoms. The second-order valence-corrected chi connectivity index (χ2v) is 6.59. The average Bonchev–Trinajstić information content (AvgIpc) is 2.73. The molecule has 0 aromatic heterocycles. The monoisotopic (exact) mass is 282 g/mol. The quantitative estimate of drug-likeness (QED) is 0.582. The van der Waals surface area contributed by atoms with Gasteiger partial charge in [0.05, 0.1) is 12.7 Å². The molecular formula is C17H34N2O. The lowest BCUT2D eigenvalue weighted by Crippen LogP contribution is -2.38. The lowest BCUT2D eigenvalue weighted by molar-refractivity contribution is -0.128. The molecule has 0 radical (unpaired) electrons. The maximum Gasteiger partial charge on any atom is 0.237 e. The summed E-state index contributed by atoms with van der Waals surface area (Å²) in [5.74, 6) is 0.929. The minimum Gasteiger partial charge on any atom is -0.326 e. The van der Waals surface area contributed by atoms with Crippen LogP contribution in [-0.2, 0) is 4.79 Å². The average molecular weight is 282 g/mol. The number of hydrogen-bond donors (Lipinski definition) is 1. The van der Waals surface area contributed by atoms with Crippen molar-refractivity contribution >= 4 is 5.91 Å². The molecule has 0 spiro atoms. The molecule has 0 aromatic rings. The molecule has 0 aliphatic carbocycles. The fourth-order valence-electron chi connectivity index (χ4n) is 2.94. The van der Waals surface area contributed by atoms with Crippen LogP contribution in [0.3, 0.4) is 0 Å². The second kappa shape index (κ2) is 10.2. The highest BCUT2D eigenvalue weighted by molar-refractivity contribution is 5.80. The number of carbonyl (C=O) groups is 1. The zero-order chi connectivity index (χ0) is 14.8. The number of carbonyl (C=O) groups excluding carboxylic acids is 1. The minimum atomic E-state index is 0.284. The van der Waals surface area contributed by atoms with Gasteiger partial charge in [0.15, 0.2) is 0 Å². The van der Waals surface area contributed by atoms with Gasteiger partial charge in [0, 0.05) is 6.54 Å². The van der Waals surface area contributed by atoms with Crippen molar-refractivity contribution < 1.29 is 4.79 Å². The Morgan fingerprint density at radius 3 is 2.30 bits per heavy atom. The standard InChI is InChI=1S/C17H34N2O/c1-4-5-6-7-8-9-10-11-12-19-16(13-15(2)3)18-14-17(19)20/h15-16,18H,4-14H2,1-3H3. The zero-order valence-electron chi connectivity index (χ0n) is 13.8. The van der Waals surface area contributed by atoms with E-state index in [0.29, 0.717) is 18.4 Å². The Morgan fingerprint density at radius 2 is 1.70 bits per heavy atom. The summed E-state index contributed by atoms with van der Waals surface area (Å²) in [6, 6.07) is 0. The summed E-state index contributed by atoms with van der Waals surface area (Å²) < 4.78 is 0. The molecule has 1 amide bonds. The van der Waals surface area contributed by atoms with E-state index in [9.17, 15) is 4.79 Å². The number of nitrogens with one attached hydrogen (secondary N) is 1. The van der Waals surface area contributed by atoms with Gasteiger partial charge in [0.25, 0.3) is 0 Å². The van der Waals surface area contributed by atoms with Crippen molar-refractivity contribution in [1.82, 2.24) is 10.2 Å². The molecule has 0 bridgehead atoms. The van der Waals surface area contributed by atoms with Crippen molar-refractivity contribution in [2.24, 2.45) is 5.92 Å². The Morgan fingerprint density at radius 1 is 1.10 bits per heavy atom. The first kappa shape index (κ1) is 17.5. The van der Waals surface area contributed by atoms with Crippen LogP contribution in [0.25, 0.3) is 0 Å². The van der Waals surface area contributed by atoms with Gasteiger partial charge < -0.3 is 4.90 Å². The van der Waals surface area contributed by atoms with E-state index in [-0.39, 0.29) is 6.17 Å². The number of nitrogens with zero attached hydrogens (tertiary/aromatic N) is 1. The van der Waals surface area contributed by atoms with Crippen LogP contribution in [0.5, 0.6) is 0 Å². The molecule has 1 atom stereocenters. The number of hydrogen-bond acceptors (Lipinski definition) is 2. The highest BCUT2D eigenvalue weighted by Gasteiger charge is 2.29. The van der Waals surface area contributed by atoms with Gasteiger partial charge in [-0.3, -0.25) is 10.1 Å². The molecule has 1 aliphatic heterocycles. The number of rotatable bonds is 11. The lowest BCUT2D eigenvalue weighted by Gasteiger charge is -2.25. The third kappa shape index (κ3) is 6.74. The Bertz CT molecular complexity index is 266. The van der Waals surface area contributed by atoms with E-state index in [1.54, 1.807) is 0 Å². The van der Waals surface area contributed by atoms with Crippen LogP contribution in [0.2, 0.25) is 0 Å². The van der Waals surface area contributed by atoms with Crippen molar-refractivity contribution in [3.8, 4) is 0 Å². The normalized spacial score (nSPS) is 19.3. The van der Waals surface area contributed by atoms with Crippen LogP contribution >= 0.6 is 0 Å². The molecule has 1 heterocycles. The van der Waals surface area contributed by atoms with Crippen molar-refractivity contribution in [2.45, 2.75) is 84.7 Å². The fourth-order valence-corrected chi connectivity index (χ4v) is 2.94. The predicted molar refractivity (Wildman–Crippen MR) is 85.6 cm³/mol. The smallest absolute Gasteiger partial charge is 0.237 e. The van der Waals surface area contributed by atoms with Crippen LogP contribution in [0.4, 0.5) is 0 Å². The van der Waals surface area contributed by atoms with Crippen molar-refractivity contribution in [1.29, 1.82) is 0 Å². The van der Waals surface area contributed by atoms with Gasteiger partial charge in [-0.25, -0.2) is 0 Å². The zero-order valence-corrected chi connectivity index (χ0v) is 13.8. The minimum absolute atomic E-state index is 0.284. The van der Waals surface area contributed by atoms with Gasteiger partial charge in [0.2, 0.25) is 5.91 Å². The molecular weight excluding hydrogens is 248 g/mol. The van der Waals surface area contributed by atoms with Crippen LogP contribution < -0.4 is 5.32 Å². The predicted octanol–water partition coefficient (Wildman–Crippen LogP) is 3.93. The first-order valence-electron chi connectivity index (χ1n) is 8.68. The fraction of sp³-hybridized carbons (Fsp3) is 0.941.